The molecule has 0 saturated carbocycles. The molecule has 0 radical (unpaired) electrons. The van der Waals surface area contributed by atoms with Crippen molar-refractivity contribution in [2.75, 3.05) is 6.61 Å². The monoisotopic (exact) mass is 210 g/mol. The Labute approximate surface area is 92.6 Å². The summed E-state index contributed by atoms with van der Waals surface area (Å²) in [5.74, 6) is -0.242. The molecule has 2 heterocycles. The second-order valence-electron chi connectivity index (χ2n) is 4.71. The molecule has 1 atom stereocenters. The first kappa shape index (κ1) is 11.0. The molecule has 0 aromatic heterocycles. The molecule has 0 amide bonds. The molecule has 2 aliphatic heterocycles. The van der Waals surface area contributed by atoms with Crippen molar-refractivity contribution in [2.24, 2.45) is 0 Å². The van der Waals surface area contributed by atoms with Gasteiger partial charge in [-0.3, -0.25) is 0 Å². The van der Waals surface area contributed by atoms with E-state index in [0.29, 0.717) is 0 Å². The van der Waals surface area contributed by atoms with Crippen molar-refractivity contribution in [1.82, 2.24) is 0 Å². The van der Waals surface area contributed by atoms with Gasteiger partial charge in [0.1, 0.15) is 0 Å². The lowest BCUT2D eigenvalue weighted by molar-refractivity contribution is -0.237. The second-order valence-corrected chi connectivity index (χ2v) is 4.71. The van der Waals surface area contributed by atoms with Crippen LogP contribution in [0.15, 0.2) is 11.8 Å². The zero-order valence-electron chi connectivity index (χ0n) is 9.76. The lowest BCUT2D eigenvalue weighted by Gasteiger charge is -2.39. The number of allylic oxidation sites excluding steroid dienone is 1. The van der Waals surface area contributed by atoms with E-state index >= 15 is 0 Å². The molecule has 0 aromatic carbocycles. The van der Waals surface area contributed by atoms with Crippen LogP contribution in [0.4, 0.5) is 0 Å². The second kappa shape index (κ2) is 5.02. The first-order chi connectivity index (χ1) is 7.35. The molecule has 1 saturated heterocycles. The van der Waals surface area contributed by atoms with Gasteiger partial charge in [0.25, 0.3) is 0 Å². The third kappa shape index (κ3) is 2.75. The van der Waals surface area contributed by atoms with Crippen LogP contribution in [0.1, 0.15) is 58.3 Å². The summed E-state index contributed by atoms with van der Waals surface area (Å²) in [6, 6.07) is 0. The van der Waals surface area contributed by atoms with Gasteiger partial charge in [0, 0.05) is 12.8 Å². The van der Waals surface area contributed by atoms with E-state index in [1.165, 1.54) is 44.1 Å². The normalized spacial score (nSPS) is 31.1. The highest BCUT2D eigenvalue weighted by Gasteiger charge is 2.36. The molecular weight excluding hydrogens is 188 g/mol. The summed E-state index contributed by atoms with van der Waals surface area (Å²) in [5.41, 5.74) is 1.47. The highest BCUT2D eigenvalue weighted by atomic mass is 16.7. The van der Waals surface area contributed by atoms with Crippen molar-refractivity contribution < 1.29 is 9.47 Å². The standard InChI is InChI=1S/C13H22O2/c1-2-3-6-12-7-9-13(15-11-12)8-4-5-10-14-13/h11H,2-10H2,1H3. The van der Waals surface area contributed by atoms with Crippen LogP contribution >= 0.6 is 0 Å². The van der Waals surface area contributed by atoms with E-state index in [4.69, 9.17) is 9.47 Å². The molecule has 86 valence electrons. The summed E-state index contributed by atoms with van der Waals surface area (Å²) in [5, 5.41) is 0. The molecule has 0 N–H and O–H groups in total. The SMILES string of the molecule is CCCCC1=COC2(CCCCO2)CC1. The van der Waals surface area contributed by atoms with Crippen molar-refractivity contribution in [2.45, 2.75) is 64.1 Å². The molecule has 0 bridgehead atoms. The minimum absolute atomic E-state index is 0.242. The van der Waals surface area contributed by atoms with Crippen molar-refractivity contribution in [1.29, 1.82) is 0 Å². The Kier molecular flexibility index (Phi) is 3.68. The summed E-state index contributed by atoms with van der Waals surface area (Å²) in [7, 11) is 0. The van der Waals surface area contributed by atoms with Gasteiger partial charge >= 0.3 is 0 Å². The van der Waals surface area contributed by atoms with Crippen LogP contribution in [0.25, 0.3) is 0 Å². The Morgan fingerprint density at radius 2 is 2.27 bits per heavy atom. The van der Waals surface area contributed by atoms with Gasteiger partial charge in [0.2, 0.25) is 5.79 Å². The van der Waals surface area contributed by atoms with Crippen LogP contribution in [-0.4, -0.2) is 12.4 Å². The maximum Gasteiger partial charge on any atom is 0.209 e. The zero-order chi connectivity index (χ0) is 10.6. The molecule has 2 nitrogen and oxygen atoms in total. The zero-order valence-corrected chi connectivity index (χ0v) is 9.76. The molecule has 1 spiro atoms. The van der Waals surface area contributed by atoms with E-state index in [1.807, 2.05) is 6.26 Å². The summed E-state index contributed by atoms with van der Waals surface area (Å²) in [4.78, 5) is 0. The quantitative estimate of drug-likeness (QED) is 0.706. The lowest BCUT2D eigenvalue weighted by Crippen LogP contribution is -2.39. The fraction of sp³-hybridized carbons (Fsp3) is 0.846. The fourth-order valence-corrected chi connectivity index (χ4v) is 2.36. The smallest absolute Gasteiger partial charge is 0.209 e. The van der Waals surface area contributed by atoms with Gasteiger partial charge in [-0.25, -0.2) is 0 Å². The third-order valence-electron chi connectivity index (χ3n) is 3.44. The van der Waals surface area contributed by atoms with Crippen molar-refractivity contribution in [3.05, 3.63) is 11.8 Å². The Morgan fingerprint density at radius 1 is 1.33 bits per heavy atom. The molecule has 1 unspecified atom stereocenters. The largest absolute Gasteiger partial charge is 0.470 e. The van der Waals surface area contributed by atoms with Gasteiger partial charge in [-0.2, -0.15) is 0 Å². The highest BCUT2D eigenvalue weighted by molar-refractivity contribution is 5.03. The van der Waals surface area contributed by atoms with Gasteiger partial charge in [-0.1, -0.05) is 13.3 Å². The first-order valence-corrected chi connectivity index (χ1v) is 6.34. The van der Waals surface area contributed by atoms with E-state index in [-0.39, 0.29) is 5.79 Å². The van der Waals surface area contributed by atoms with Gasteiger partial charge in [0.05, 0.1) is 12.9 Å². The van der Waals surface area contributed by atoms with Gasteiger partial charge in [-0.05, 0) is 37.7 Å². The van der Waals surface area contributed by atoms with E-state index in [9.17, 15) is 0 Å². The maximum atomic E-state index is 5.83. The van der Waals surface area contributed by atoms with Crippen LogP contribution in [0.5, 0.6) is 0 Å². The van der Waals surface area contributed by atoms with Crippen molar-refractivity contribution >= 4 is 0 Å². The summed E-state index contributed by atoms with van der Waals surface area (Å²) in [6.07, 6.45) is 11.5. The Hall–Kier alpha value is -0.500. The van der Waals surface area contributed by atoms with Crippen molar-refractivity contribution in [3.63, 3.8) is 0 Å². The number of unbranched alkanes of at least 4 members (excludes halogenated alkanes) is 1. The predicted molar refractivity (Wildman–Crippen MR) is 60.5 cm³/mol. The van der Waals surface area contributed by atoms with Crippen LogP contribution in [0.2, 0.25) is 0 Å². The van der Waals surface area contributed by atoms with Crippen LogP contribution in [0, 0.1) is 0 Å². The van der Waals surface area contributed by atoms with Gasteiger partial charge in [0.15, 0.2) is 0 Å². The Balaban J connectivity index is 1.86. The third-order valence-corrected chi connectivity index (χ3v) is 3.44. The predicted octanol–water partition coefficient (Wildman–Crippen LogP) is 3.77. The van der Waals surface area contributed by atoms with E-state index < -0.39 is 0 Å². The Bertz CT molecular complexity index is 227. The molecule has 0 aromatic rings. The Morgan fingerprint density at radius 3 is 2.87 bits per heavy atom. The molecule has 2 aliphatic rings. The van der Waals surface area contributed by atoms with Gasteiger partial charge < -0.3 is 9.47 Å². The molecule has 15 heavy (non-hydrogen) atoms. The number of ether oxygens (including phenoxy) is 2. The van der Waals surface area contributed by atoms with E-state index in [0.717, 1.165) is 19.4 Å². The number of rotatable bonds is 3. The maximum absolute atomic E-state index is 5.83. The van der Waals surface area contributed by atoms with Crippen LogP contribution in [-0.2, 0) is 9.47 Å². The lowest BCUT2D eigenvalue weighted by atomic mass is 9.94. The minimum atomic E-state index is -0.242. The average molecular weight is 210 g/mol. The highest BCUT2D eigenvalue weighted by Crippen LogP contribution is 2.36. The summed E-state index contributed by atoms with van der Waals surface area (Å²) >= 11 is 0. The van der Waals surface area contributed by atoms with Crippen LogP contribution in [0.3, 0.4) is 0 Å². The summed E-state index contributed by atoms with van der Waals surface area (Å²) < 4.78 is 11.6. The molecule has 1 fully saturated rings. The molecule has 2 heteroatoms. The number of hydrogen-bond acceptors (Lipinski definition) is 2. The molecule has 0 aliphatic carbocycles. The van der Waals surface area contributed by atoms with E-state index in [2.05, 4.69) is 6.92 Å². The number of hydrogen-bond donors (Lipinski definition) is 0. The minimum Gasteiger partial charge on any atom is -0.470 e. The topological polar surface area (TPSA) is 18.5 Å². The van der Waals surface area contributed by atoms with Crippen LogP contribution < -0.4 is 0 Å². The van der Waals surface area contributed by atoms with Gasteiger partial charge in [-0.15, -0.1) is 0 Å². The van der Waals surface area contributed by atoms with Crippen molar-refractivity contribution in [3.8, 4) is 0 Å². The molecule has 2 rings (SSSR count). The van der Waals surface area contributed by atoms with E-state index in [1.54, 1.807) is 0 Å². The average Bonchev–Trinajstić information content (AvgIpc) is 2.30. The fourth-order valence-electron chi connectivity index (χ4n) is 2.36. The summed E-state index contributed by atoms with van der Waals surface area (Å²) in [6.45, 7) is 3.11. The molecular formula is C13H22O2. The first-order valence-electron chi connectivity index (χ1n) is 6.34.